The highest BCUT2D eigenvalue weighted by molar-refractivity contribution is 7.13. The second-order valence-corrected chi connectivity index (χ2v) is 8.42. The Kier molecular flexibility index (Phi) is 5.38. The van der Waals surface area contributed by atoms with E-state index in [0.29, 0.717) is 32.6 Å². The molecule has 3 heterocycles. The van der Waals surface area contributed by atoms with E-state index in [4.69, 9.17) is 0 Å². The van der Waals surface area contributed by atoms with Crippen molar-refractivity contribution in [2.75, 3.05) is 44.2 Å². The molecule has 0 bridgehead atoms. The van der Waals surface area contributed by atoms with E-state index in [2.05, 4.69) is 20.5 Å². The SMILES string of the molecule is O=C(NCCCN1C(=O)NC2(CCCC2)C1=O)N1CCN(c2nccs2)CC1. The number of imide groups is 1. The molecule has 0 radical (unpaired) electrons. The Morgan fingerprint density at radius 1 is 1.21 bits per heavy atom. The van der Waals surface area contributed by atoms with Gasteiger partial charge in [-0.25, -0.2) is 14.6 Å². The highest BCUT2D eigenvalue weighted by Gasteiger charge is 2.51. The minimum Gasteiger partial charge on any atom is -0.345 e. The van der Waals surface area contributed by atoms with Crippen LogP contribution in [0.5, 0.6) is 0 Å². The molecule has 0 aromatic carbocycles. The van der Waals surface area contributed by atoms with Crippen LogP contribution in [0.3, 0.4) is 0 Å². The number of urea groups is 2. The van der Waals surface area contributed by atoms with E-state index in [9.17, 15) is 14.4 Å². The molecule has 0 unspecified atom stereocenters. The summed E-state index contributed by atoms with van der Waals surface area (Å²) < 4.78 is 0. The normalized spacial score (nSPS) is 21.5. The molecule has 10 heteroatoms. The molecule has 3 aliphatic rings. The molecule has 1 spiro atoms. The molecule has 1 saturated carbocycles. The lowest BCUT2D eigenvalue weighted by Crippen LogP contribution is -2.52. The van der Waals surface area contributed by atoms with Gasteiger partial charge in [0.25, 0.3) is 5.91 Å². The smallest absolute Gasteiger partial charge is 0.325 e. The molecule has 5 amide bonds. The van der Waals surface area contributed by atoms with Crippen LogP contribution in [-0.2, 0) is 4.79 Å². The van der Waals surface area contributed by atoms with Crippen LogP contribution in [0.25, 0.3) is 0 Å². The number of thiazole rings is 1. The van der Waals surface area contributed by atoms with Gasteiger partial charge in [-0.3, -0.25) is 9.69 Å². The zero-order chi connectivity index (χ0) is 19.6. The third kappa shape index (κ3) is 3.65. The average Bonchev–Trinajstić information content (AvgIpc) is 3.44. The van der Waals surface area contributed by atoms with Crippen molar-refractivity contribution in [3.63, 3.8) is 0 Å². The standard InChI is InChI=1S/C18H26N6O3S/c25-14-18(4-1-2-5-18)21-16(27)24(14)8-3-6-19-15(26)22-9-11-23(12-10-22)17-20-7-13-28-17/h7,13H,1-6,8-12H2,(H,19,26)(H,21,27). The molecular weight excluding hydrogens is 380 g/mol. The molecule has 1 aromatic heterocycles. The fourth-order valence-electron chi connectivity index (χ4n) is 4.21. The summed E-state index contributed by atoms with van der Waals surface area (Å²) in [5.41, 5.74) is -0.655. The van der Waals surface area contributed by atoms with Gasteiger partial charge in [0.15, 0.2) is 5.13 Å². The van der Waals surface area contributed by atoms with E-state index in [1.165, 1.54) is 4.90 Å². The van der Waals surface area contributed by atoms with Gasteiger partial charge >= 0.3 is 12.1 Å². The summed E-state index contributed by atoms with van der Waals surface area (Å²) in [4.78, 5) is 46.7. The molecule has 4 rings (SSSR count). The van der Waals surface area contributed by atoms with Gasteiger partial charge in [-0.15, -0.1) is 11.3 Å². The number of amides is 5. The van der Waals surface area contributed by atoms with Crippen molar-refractivity contribution in [1.29, 1.82) is 0 Å². The molecule has 1 aliphatic carbocycles. The van der Waals surface area contributed by atoms with Crippen LogP contribution in [0.1, 0.15) is 32.1 Å². The maximum atomic E-state index is 12.6. The molecule has 3 fully saturated rings. The molecular formula is C18H26N6O3S. The maximum Gasteiger partial charge on any atom is 0.325 e. The molecule has 2 aliphatic heterocycles. The predicted molar refractivity (Wildman–Crippen MR) is 105 cm³/mol. The lowest BCUT2D eigenvalue weighted by Gasteiger charge is -2.34. The van der Waals surface area contributed by atoms with Crippen LogP contribution < -0.4 is 15.5 Å². The van der Waals surface area contributed by atoms with Gasteiger partial charge in [-0.2, -0.15) is 0 Å². The third-order valence-electron chi connectivity index (χ3n) is 5.79. The van der Waals surface area contributed by atoms with Crippen molar-refractivity contribution in [3.8, 4) is 0 Å². The highest BCUT2D eigenvalue weighted by Crippen LogP contribution is 2.34. The number of nitrogens with zero attached hydrogens (tertiary/aromatic N) is 4. The summed E-state index contributed by atoms with van der Waals surface area (Å²) in [5, 5.41) is 8.73. The number of hydrogen-bond donors (Lipinski definition) is 2. The van der Waals surface area contributed by atoms with Crippen molar-refractivity contribution in [2.24, 2.45) is 0 Å². The Bertz CT molecular complexity index is 726. The highest BCUT2D eigenvalue weighted by atomic mass is 32.1. The van der Waals surface area contributed by atoms with E-state index in [1.807, 2.05) is 5.38 Å². The predicted octanol–water partition coefficient (Wildman–Crippen LogP) is 1.23. The molecule has 28 heavy (non-hydrogen) atoms. The third-order valence-corrected chi connectivity index (χ3v) is 6.63. The average molecular weight is 407 g/mol. The number of aromatic nitrogens is 1. The number of nitrogens with one attached hydrogen (secondary N) is 2. The zero-order valence-corrected chi connectivity index (χ0v) is 16.7. The topological polar surface area (TPSA) is 97.9 Å². The van der Waals surface area contributed by atoms with Gasteiger partial charge < -0.3 is 20.4 Å². The molecule has 2 N–H and O–H groups in total. The number of hydrogen-bond acceptors (Lipinski definition) is 6. The summed E-state index contributed by atoms with van der Waals surface area (Å²) in [6.07, 6.45) is 5.77. The van der Waals surface area contributed by atoms with Crippen molar-refractivity contribution in [2.45, 2.75) is 37.6 Å². The molecule has 0 atom stereocenters. The maximum absolute atomic E-state index is 12.6. The Labute approximate surface area is 168 Å². The summed E-state index contributed by atoms with van der Waals surface area (Å²) in [5.74, 6) is -0.0976. The Morgan fingerprint density at radius 3 is 2.64 bits per heavy atom. The van der Waals surface area contributed by atoms with Crippen molar-refractivity contribution >= 4 is 34.4 Å². The first-order chi connectivity index (χ1) is 13.6. The number of piperazine rings is 1. The van der Waals surface area contributed by atoms with E-state index >= 15 is 0 Å². The van der Waals surface area contributed by atoms with Crippen LogP contribution in [0.15, 0.2) is 11.6 Å². The van der Waals surface area contributed by atoms with Crippen LogP contribution >= 0.6 is 11.3 Å². The summed E-state index contributed by atoms with van der Waals surface area (Å²) in [7, 11) is 0. The Morgan fingerprint density at radius 2 is 1.96 bits per heavy atom. The first-order valence-corrected chi connectivity index (χ1v) is 10.8. The molecule has 2 saturated heterocycles. The van der Waals surface area contributed by atoms with Gasteiger partial charge in [-0.05, 0) is 19.3 Å². The van der Waals surface area contributed by atoms with E-state index in [-0.39, 0.29) is 18.0 Å². The van der Waals surface area contributed by atoms with Gasteiger partial charge in [0, 0.05) is 50.8 Å². The second-order valence-electron chi connectivity index (χ2n) is 7.55. The van der Waals surface area contributed by atoms with E-state index in [1.54, 1.807) is 22.4 Å². The fraction of sp³-hybridized carbons (Fsp3) is 0.667. The first kappa shape index (κ1) is 19.0. The van der Waals surface area contributed by atoms with Crippen molar-refractivity contribution in [3.05, 3.63) is 11.6 Å². The Balaban J connectivity index is 1.17. The minimum absolute atomic E-state index is 0.0942. The second kappa shape index (κ2) is 7.94. The van der Waals surface area contributed by atoms with Gasteiger partial charge in [0.2, 0.25) is 0 Å². The van der Waals surface area contributed by atoms with Crippen molar-refractivity contribution in [1.82, 2.24) is 25.4 Å². The monoisotopic (exact) mass is 406 g/mol. The molecule has 1 aromatic rings. The summed E-state index contributed by atoms with van der Waals surface area (Å²) >= 11 is 1.61. The van der Waals surface area contributed by atoms with Crippen LogP contribution in [0, 0.1) is 0 Å². The minimum atomic E-state index is -0.655. The van der Waals surface area contributed by atoms with Crippen molar-refractivity contribution < 1.29 is 14.4 Å². The van der Waals surface area contributed by atoms with Crippen LogP contribution in [0.2, 0.25) is 0 Å². The lowest BCUT2D eigenvalue weighted by molar-refractivity contribution is -0.131. The first-order valence-electron chi connectivity index (χ1n) is 9.90. The molecule has 152 valence electrons. The number of carbonyl (C=O) groups is 3. The van der Waals surface area contributed by atoms with Crippen LogP contribution in [-0.4, -0.2) is 77.6 Å². The quantitative estimate of drug-likeness (QED) is 0.566. The Hall–Kier alpha value is -2.36. The summed E-state index contributed by atoms with van der Waals surface area (Å²) in [6.45, 7) is 3.62. The van der Waals surface area contributed by atoms with E-state index < -0.39 is 5.54 Å². The van der Waals surface area contributed by atoms with Gasteiger partial charge in [-0.1, -0.05) is 12.8 Å². The number of carbonyl (C=O) groups excluding carboxylic acids is 3. The lowest BCUT2D eigenvalue weighted by atomic mass is 9.98. The fourth-order valence-corrected chi connectivity index (χ4v) is 4.91. The van der Waals surface area contributed by atoms with Gasteiger partial charge in [0.05, 0.1) is 0 Å². The largest absolute Gasteiger partial charge is 0.345 e. The number of rotatable bonds is 5. The molecule has 9 nitrogen and oxygen atoms in total. The van der Waals surface area contributed by atoms with E-state index in [0.717, 1.165) is 43.9 Å². The zero-order valence-electron chi connectivity index (χ0n) is 15.9. The number of anilines is 1. The van der Waals surface area contributed by atoms with Gasteiger partial charge in [0.1, 0.15) is 5.54 Å². The summed E-state index contributed by atoms with van der Waals surface area (Å²) in [6, 6.07) is -0.389. The van der Waals surface area contributed by atoms with Crippen LogP contribution in [0.4, 0.5) is 14.7 Å².